The van der Waals surface area contributed by atoms with E-state index in [2.05, 4.69) is 4.72 Å². The average Bonchev–Trinajstić information content (AvgIpc) is 3.20. The Morgan fingerprint density at radius 1 is 1.16 bits per heavy atom. The molecule has 8 nitrogen and oxygen atoms in total. The van der Waals surface area contributed by atoms with Crippen LogP contribution in [-0.2, 0) is 37.4 Å². The Balaban J connectivity index is 1.39. The maximum atomic E-state index is 13.0. The number of carbonyl (C=O) groups excluding carboxylic acids is 2. The predicted octanol–water partition coefficient (Wildman–Crippen LogP) is 2.02. The van der Waals surface area contributed by atoms with Gasteiger partial charge in [-0.25, -0.2) is 8.42 Å². The van der Waals surface area contributed by atoms with E-state index in [4.69, 9.17) is 9.47 Å². The number of hydrogen-bond donors (Lipinski definition) is 1. The number of hydrogen-bond acceptors (Lipinski definition) is 6. The minimum Gasteiger partial charge on any atom is -0.493 e. The van der Waals surface area contributed by atoms with E-state index in [1.165, 1.54) is 11.0 Å². The Morgan fingerprint density at radius 3 is 2.78 bits per heavy atom. The average molecular weight is 459 g/mol. The van der Waals surface area contributed by atoms with Crippen LogP contribution in [0.15, 0.2) is 53.4 Å². The minimum absolute atomic E-state index is 0.104. The number of benzene rings is 2. The number of amides is 1. The molecule has 0 aliphatic carbocycles. The van der Waals surface area contributed by atoms with Gasteiger partial charge >= 0.3 is 5.97 Å². The molecule has 2 heterocycles. The van der Waals surface area contributed by atoms with Crippen molar-refractivity contribution >= 4 is 21.9 Å². The second-order valence-corrected chi connectivity index (χ2v) is 9.66. The zero-order chi connectivity index (χ0) is 22.6. The molecule has 1 fully saturated rings. The molecule has 0 saturated carbocycles. The largest absolute Gasteiger partial charge is 0.493 e. The molecule has 0 aromatic heterocycles. The molecule has 2 aliphatic heterocycles. The summed E-state index contributed by atoms with van der Waals surface area (Å²) in [6, 6.07) is 13.1. The number of likely N-dealkylation sites (tertiary alicyclic amines) is 1. The molecule has 170 valence electrons. The Labute approximate surface area is 187 Å². The van der Waals surface area contributed by atoms with Gasteiger partial charge in [-0.1, -0.05) is 30.3 Å². The number of ether oxygens (including phenoxy) is 2. The lowest BCUT2D eigenvalue weighted by molar-refractivity contribution is -0.150. The van der Waals surface area contributed by atoms with Crippen LogP contribution in [-0.4, -0.2) is 50.9 Å². The lowest BCUT2D eigenvalue weighted by atomic mass is 10.1. The maximum absolute atomic E-state index is 13.0. The van der Waals surface area contributed by atoms with Crippen LogP contribution in [0.5, 0.6) is 5.75 Å². The molecule has 2 aliphatic rings. The maximum Gasteiger partial charge on any atom is 0.325 e. The van der Waals surface area contributed by atoms with Crippen LogP contribution in [0.2, 0.25) is 0 Å². The van der Waals surface area contributed by atoms with Crippen LogP contribution in [0, 0.1) is 0 Å². The van der Waals surface area contributed by atoms with Crippen molar-refractivity contribution in [3.8, 4) is 5.75 Å². The first-order chi connectivity index (χ1) is 15.4. The quantitative estimate of drug-likeness (QED) is 0.637. The fraction of sp³-hybridized carbons (Fsp3) is 0.391. The first-order valence-electron chi connectivity index (χ1n) is 10.7. The summed E-state index contributed by atoms with van der Waals surface area (Å²) in [6.45, 7) is 0.830. The smallest absolute Gasteiger partial charge is 0.325 e. The highest BCUT2D eigenvalue weighted by atomic mass is 32.2. The Hall–Kier alpha value is -2.91. The molecular weight excluding hydrogens is 432 g/mol. The first kappa shape index (κ1) is 22.3. The number of esters is 1. The van der Waals surface area contributed by atoms with Crippen LogP contribution in [0.3, 0.4) is 0 Å². The van der Waals surface area contributed by atoms with E-state index < -0.39 is 27.9 Å². The van der Waals surface area contributed by atoms with Crippen molar-refractivity contribution in [2.24, 2.45) is 0 Å². The minimum atomic E-state index is -3.90. The highest BCUT2D eigenvalue weighted by molar-refractivity contribution is 7.89. The first-order valence-corrected chi connectivity index (χ1v) is 12.2. The Bertz CT molecular complexity index is 1090. The summed E-state index contributed by atoms with van der Waals surface area (Å²) in [4.78, 5) is 26.8. The zero-order valence-corrected chi connectivity index (χ0v) is 18.5. The van der Waals surface area contributed by atoms with Crippen LogP contribution in [0.4, 0.5) is 0 Å². The highest BCUT2D eigenvalue weighted by Crippen LogP contribution is 2.28. The van der Waals surface area contributed by atoms with Crippen molar-refractivity contribution in [2.45, 2.75) is 43.2 Å². The molecule has 1 N–H and O–H groups in total. The van der Waals surface area contributed by atoms with Crippen molar-refractivity contribution in [2.75, 3.05) is 19.7 Å². The number of fused-ring (bicyclic) bond motifs is 1. The van der Waals surface area contributed by atoms with E-state index in [0.717, 1.165) is 11.1 Å². The van der Waals surface area contributed by atoms with E-state index >= 15 is 0 Å². The topological polar surface area (TPSA) is 102 Å². The third kappa shape index (κ3) is 5.28. The van der Waals surface area contributed by atoms with E-state index in [1.54, 1.807) is 12.1 Å². The Morgan fingerprint density at radius 2 is 1.97 bits per heavy atom. The van der Waals surface area contributed by atoms with Crippen LogP contribution < -0.4 is 9.46 Å². The third-order valence-electron chi connectivity index (χ3n) is 5.61. The molecule has 0 radical (unpaired) electrons. The fourth-order valence-electron chi connectivity index (χ4n) is 3.90. The van der Waals surface area contributed by atoms with E-state index in [9.17, 15) is 18.0 Å². The molecule has 32 heavy (non-hydrogen) atoms. The summed E-state index contributed by atoms with van der Waals surface area (Å²) >= 11 is 0. The van der Waals surface area contributed by atoms with Crippen molar-refractivity contribution in [3.05, 3.63) is 59.7 Å². The lowest BCUT2D eigenvalue weighted by Crippen LogP contribution is -2.48. The molecule has 9 heteroatoms. The summed E-state index contributed by atoms with van der Waals surface area (Å²) in [6.07, 6.45) is 2.39. The van der Waals surface area contributed by atoms with Gasteiger partial charge in [0.2, 0.25) is 15.9 Å². The summed E-state index contributed by atoms with van der Waals surface area (Å²) in [5, 5.41) is 0. The molecule has 4 rings (SSSR count). The van der Waals surface area contributed by atoms with Crippen molar-refractivity contribution in [3.63, 3.8) is 0 Å². The normalized spacial score (nSPS) is 18.6. The van der Waals surface area contributed by atoms with Crippen LogP contribution >= 0.6 is 0 Å². The second kappa shape index (κ2) is 9.70. The molecule has 0 spiro atoms. The predicted molar refractivity (Wildman–Crippen MR) is 116 cm³/mol. The lowest BCUT2D eigenvalue weighted by Gasteiger charge is -2.24. The zero-order valence-electron chi connectivity index (χ0n) is 17.7. The fourth-order valence-corrected chi connectivity index (χ4v) is 5.17. The second-order valence-electron chi connectivity index (χ2n) is 7.94. The van der Waals surface area contributed by atoms with Gasteiger partial charge in [0.05, 0.1) is 11.5 Å². The van der Waals surface area contributed by atoms with Gasteiger partial charge in [0, 0.05) is 13.0 Å². The number of nitrogens with one attached hydrogen (secondary N) is 1. The molecule has 2 aromatic carbocycles. The van der Waals surface area contributed by atoms with E-state index in [0.29, 0.717) is 44.6 Å². The molecule has 2 aromatic rings. The van der Waals surface area contributed by atoms with Crippen molar-refractivity contribution < 1.29 is 27.5 Å². The molecule has 1 amide bonds. The van der Waals surface area contributed by atoms with Crippen molar-refractivity contribution in [1.29, 1.82) is 0 Å². The molecule has 1 atom stereocenters. The van der Waals surface area contributed by atoms with Gasteiger partial charge in [-0.05, 0) is 48.6 Å². The van der Waals surface area contributed by atoms with Gasteiger partial charge in [0.25, 0.3) is 0 Å². The third-order valence-corrected chi connectivity index (χ3v) is 7.08. The van der Waals surface area contributed by atoms with Gasteiger partial charge in [-0.15, -0.1) is 0 Å². The Kier molecular flexibility index (Phi) is 6.76. The van der Waals surface area contributed by atoms with Crippen LogP contribution in [0.1, 0.15) is 30.4 Å². The summed E-state index contributed by atoms with van der Waals surface area (Å²) in [5.41, 5.74) is 1.69. The van der Waals surface area contributed by atoms with Gasteiger partial charge in [0.1, 0.15) is 24.9 Å². The highest BCUT2D eigenvalue weighted by Gasteiger charge is 2.32. The number of sulfonamides is 1. The van der Waals surface area contributed by atoms with Crippen molar-refractivity contribution in [1.82, 2.24) is 9.62 Å². The number of carbonyl (C=O) groups is 2. The molecule has 0 bridgehead atoms. The van der Waals surface area contributed by atoms with Gasteiger partial charge in [0.15, 0.2) is 0 Å². The van der Waals surface area contributed by atoms with Gasteiger partial charge < -0.3 is 14.4 Å². The summed E-state index contributed by atoms with van der Waals surface area (Å²) in [7, 11) is -3.90. The summed E-state index contributed by atoms with van der Waals surface area (Å²) in [5.74, 6) is -0.244. The number of nitrogens with zero attached hydrogens (tertiary/aromatic N) is 1. The standard InChI is InChI=1S/C23H26N2O6S/c26-22(31-16-17-6-2-1-3-7-17)15-25-12-5-4-8-20(23(25)27)24-32(28,29)19-9-10-21-18(14-19)11-13-30-21/h1-3,6-7,9-10,14,20,24H,4-5,8,11-13,15-16H2. The molecule has 1 saturated heterocycles. The molecular formula is C23H26N2O6S. The SMILES string of the molecule is O=C(CN1CCCCC(NS(=O)(=O)c2ccc3c(c2)CCO3)C1=O)OCc1ccccc1. The number of rotatable bonds is 7. The monoisotopic (exact) mass is 458 g/mol. The summed E-state index contributed by atoms with van der Waals surface area (Å²) < 4.78 is 39.1. The van der Waals surface area contributed by atoms with Gasteiger partial charge in [-0.3, -0.25) is 9.59 Å². The van der Waals surface area contributed by atoms with E-state index in [1.807, 2.05) is 30.3 Å². The van der Waals surface area contributed by atoms with Gasteiger partial charge in [-0.2, -0.15) is 4.72 Å². The van der Waals surface area contributed by atoms with E-state index in [-0.39, 0.29) is 18.0 Å². The molecule has 1 unspecified atom stereocenters. The van der Waals surface area contributed by atoms with Crippen LogP contribution in [0.25, 0.3) is 0 Å².